The topological polar surface area (TPSA) is 105 Å². The molecule has 0 spiro atoms. The molecule has 1 N–H and O–H groups in total. The van der Waals surface area contributed by atoms with Gasteiger partial charge in [-0.05, 0) is 36.8 Å². The van der Waals surface area contributed by atoms with Gasteiger partial charge in [-0.15, -0.1) is 0 Å². The SMILES string of the molecule is CCc1ncc(Oc2ccc(S(=O)(=O)Nc3ccc(F)cn3)cc2C#N)cc1Cl. The molecule has 0 fully saturated rings. The van der Waals surface area contributed by atoms with Crippen molar-refractivity contribution >= 4 is 27.4 Å². The number of hydrogen-bond donors (Lipinski definition) is 1. The molecule has 3 rings (SSSR count). The molecule has 0 aliphatic rings. The zero-order valence-electron chi connectivity index (χ0n) is 15.1. The predicted octanol–water partition coefficient (Wildman–Crippen LogP) is 4.30. The fourth-order valence-electron chi connectivity index (χ4n) is 2.38. The summed E-state index contributed by atoms with van der Waals surface area (Å²) in [7, 11) is -4.04. The number of pyridine rings is 2. The largest absolute Gasteiger partial charge is 0.454 e. The second-order valence-electron chi connectivity index (χ2n) is 5.79. The second kappa shape index (κ2) is 8.43. The Morgan fingerprint density at radius 2 is 2.00 bits per heavy atom. The number of rotatable bonds is 6. The summed E-state index contributed by atoms with van der Waals surface area (Å²) in [6, 6.07) is 9.53. The lowest BCUT2D eigenvalue weighted by Gasteiger charge is -2.11. The number of hydrogen-bond acceptors (Lipinski definition) is 6. The first kappa shape index (κ1) is 20.5. The van der Waals surface area contributed by atoms with Gasteiger partial charge in [0, 0.05) is 6.07 Å². The summed E-state index contributed by atoms with van der Waals surface area (Å²) in [6.45, 7) is 1.91. The van der Waals surface area contributed by atoms with Crippen molar-refractivity contribution in [3.63, 3.8) is 0 Å². The van der Waals surface area contributed by atoms with Gasteiger partial charge in [-0.25, -0.2) is 17.8 Å². The lowest BCUT2D eigenvalue weighted by atomic mass is 10.2. The van der Waals surface area contributed by atoms with Gasteiger partial charge in [0.1, 0.15) is 29.2 Å². The maximum absolute atomic E-state index is 12.9. The van der Waals surface area contributed by atoms with Gasteiger partial charge in [0.2, 0.25) is 0 Å². The molecular weight excluding hydrogens is 419 g/mol. The molecule has 0 aliphatic carbocycles. The van der Waals surface area contributed by atoms with Gasteiger partial charge in [0.05, 0.1) is 33.6 Å². The van der Waals surface area contributed by atoms with Crippen molar-refractivity contribution in [3.8, 4) is 17.6 Å². The van der Waals surface area contributed by atoms with Gasteiger partial charge >= 0.3 is 0 Å². The van der Waals surface area contributed by atoms with Crippen molar-refractivity contribution in [1.82, 2.24) is 9.97 Å². The maximum atomic E-state index is 12.9. The van der Waals surface area contributed by atoms with Crippen LogP contribution in [0.5, 0.6) is 11.5 Å². The zero-order valence-corrected chi connectivity index (χ0v) is 16.6. The summed E-state index contributed by atoms with van der Waals surface area (Å²) in [5.41, 5.74) is 0.706. The van der Waals surface area contributed by atoms with Gasteiger partial charge < -0.3 is 4.74 Å². The van der Waals surface area contributed by atoms with E-state index in [2.05, 4.69) is 14.7 Å². The molecule has 148 valence electrons. The van der Waals surface area contributed by atoms with Crippen LogP contribution in [-0.2, 0) is 16.4 Å². The highest BCUT2D eigenvalue weighted by molar-refractivity contribution is 7.92. The van der Waals surface area contributed by atoms with E-state index in [4.69, 9.17) is 16.3 Å². The van der Waals surface area contributed by atoms with Crippen LogP contribution in [0.4, 0.5) is 10.2 Å². The molecule has 0 saturated heterocycles. The van der Waals surface area contributed by atoms with Crippen molar-refractivity contribution in [2.24, 2.45) is 0 Å². The molecule has 0 unspecified atom stereocenters. The van der Waals surface area contributed by atoms with Crippen LogP contribution < -0.4 is 9.46 Å². The summed E-state index contributed by atoms with van der Waals surface area (Å²) >= 11 is 6.12. The monoisotopic (exact) mass is 432 g/mol. The Hall–Kier alpha value is -3.22. The highest BCUT2D eigenvalue weighted by atomic mass is 35.5. The zero-order chi connectivity index (χ0) is 21.0. The molecule has 0 aliphatic heterocycles. The number of nitrogens with zero attached hydrogens (tertiary/aromatic N) is 3. The smallest absolute Gasteiger partial charge is 0.263 e. The van der Waals surface area contributed by atoms with Crippen molar-refractivity contribution in [2.45, 2.75) is 18.2 Å². The summed E-state index contributed by atoms with van der Waals surface area (Å²) in [4.78, 5) is 7.66. The molecule has 29 heavy (non-hydrogen) atoms. The number of nitrogens with one attached hydrogen (secondary N) is 1. The average molecular weight is 433 g/mol. The van der Waals surface area contributed by atoms with E-state index in [1.54, 1.807) is 6.07 Å². The minimum Gasteiger partial charge on any atom is -0.454 e. The molecule has 0 radical (unpaired) electrons. The lowest BCUT2D eigenvalue weighted by Crippen LogP contribution is -2.14. The minimum atomic E-state index is -4.04. The molecule has 3 aromatic rings. The number of halogens is 2. The third-order valence-electron chi connectivity index (χ3n) is 3.80. The molecule has 7 nitrogen and oxygen atoms in total. The first-order valence-electron chi connectivity index (χ1n) is 8.33. The highest BCUT2D eigenvalue weighted by Crippen LogP contribution is 2.29. The van der Waals surface area contributed by atoms with Gasteiger partial charge in [-0.3, -0.25) is 9.71 Å². The maximum Gasteiger partial charge on any atom is 0.263 e. The molecule has 0 bridgehead atoms. The molecule has 10 heteroatoms. The van der Waals surface area contributed by atoms with E-state index in [1.807, 2.05) is 13.0 Å². The van der Waals surface area contributed by atoms with Crippen molar-refractivity contribution in [1.29, 1.82) is 5.26 Å². The van der Waals surface area contributed by atoms with Crippen LogP contribution >= 0.6 is 11.6 Å². The van der Waals surface area contributed by atoms with Crippen molar-refractivity contribution < 1.29 is 17.5 Å². The lowest BCUT2D eigenvalue weighted by molar-refractivity contribution is 0.477. The molecule has 2 aromatic heterocycles. The van der Waals surface area contributed by atoms with E-state index in [0.29, 0.717) is 22.9 Å². The van der Waals surface area contributed by atoms with Crippen LogP contribution in [-0.4, -0.2) is 18.4 Å². The molecule has 0 amide bonds. The number of aromatic nitrogens is 2. The Kier molecular flexibility index (Phi) is 5.96. The van der Waals surface area contributed by atoms with Crippen LogP contribution in [0, 0.1) is 17.1 Å². The summed E-state index contributed by atoms with van der Waals surface area (Å²) in [5, 5.41) is 9.83. The summed E-state index contributed by atoms with van der Waals surface area (Å²) in [6.07, 6.45) is 3.02. The molecular formula is C19H14ClFN4O3S. The van der Waals surface area contributed by atoms with E-state index in [-0.39, 0.29) is 22.0 Å². The number of benzene rings is 1. The van der Waals surface area contributed by atoms with Crippen LogP contribution in [0.15, 0.2) is 53.7 Å². The third-order valence-corrected chi connectivity index (χ3v) is 5.48. The van der Waals surface area contributed by atoms with E-state index < -0.39 is 15.8 Å². The van der Waals surface area contributed by atoms with E-state index >= 15 is 0 Å². The number of anilines is 1. The molecule has 1 aromatic carbocycles. The highest BCUT2D eigenvalue weighted by Gasteiger charge is 2.18. The second-order valence-corrected chi connectivity index (χ2v) is 7.88. The molecule has 0 atom stereocenters. The fraction of sp³-hybridized carbons (Fsp3) is 0.105. The van der Waals surface area contributed by atoms with Crippen molar-refractivity contribution in [3.05, 3.63) is 70.9 Å². The van der Waals surface area contributed by atoms with Gasteiger partial charge in [-0.2, -0.15) is 5.26 Å². The van der Waals surface area contributed by atoms with Crippen LogP contribution in [0.1, 0.15) is 18.2 Å². The summed E-state index contributed by atoms with van der Waals surface area (Å²) < 4.78 is 45.8. The molecule has 0 saturated carbocycles. The Labute approximate surface area is 171 Å². The third kappa shape index (κ3) is 4.80. The minimum absolute atomic E-state index is 0.00405. The van der Waals surface area contributed by atoms with Crippen LogP contribution in [0.3, 0.4) is 0 Å². The standard InChI is InChI=1S/C19H14ClFN4O3S/c1-2-17-16(20)8-14(11-23-17)28-18-5-4-15(7-12(18)9-22)29(26,27)25-19-6-3-13(21)10-24-19/h3-8,10-11H,2H2,1H3,(H,24,25). The number of nitriles is 1. The quantitative estimate of drug-likeness (QED) is 0.622. The first-order valence-corrected chi connectivity index (χ1v) is 10.2. The normalized spacial score (nSPS) is 11.0. The van der Waals surface area contributed by atoms with E-state index in [9.17, 15) is 18.1 Å². The number of ether oxygens (including phenoxy) is 1. The Balaban J connectivity index is 1.87. The number of aryl methyl sites for hydroxylation is 1. The van der Waals surface area contributed by atoms with E-state index in [1.165, 1.54) is 24.4 Å². The fourth-order valence-corrected chi connectivity index (χ4v) is 3.70. The Morgan fingerprint density at radius 1 is 1.21 bits per heavy atom. The van der Waals surface area contributed by atoms with Crippen molar-refractivity contribution in [2.75, 3.05) is 4.72 Å². The Morgan fingerprint density at radius 3 is 2.62 bits per heavy atom. The van der Waals surface area contributed by atoms with E-state index in [0.717, 1.165) is 18.3 Å². The van der Waals surface area contributed by atoms with Gasteiger partial charge in [0.15, 0.2) is 0 Å². The van der Waals surface area contributed by atoms with Gasteiger partial charge in [0.25, 0.3) is 10.0 Å². The average Bonchev–Trinajstić information content (AvgIpc) is 2.70. The Bertz CT molecular complexity index is 1200. The first-order chi connectivity index (χ1) is 13.8. The summed E-state index contributed by atoms with van der Waals surface area (Å²) in [5.74, 6) is -0.189. The van der Waals surface area contributed by atoms with Crippen LogP contribution in [0.2, 0.25) is 5.02 Å². The molecule has 2 heterocycles. The predicted molar refractivity (Wildman–Crippen MR) is 105 cm³/mol. The number of sulfonamides is 1. The van der Waals surface area contributed by atoms with Crippen LogP contribution in [0.25, 0.3) is 0 Å². The van der Waals surface area contributed by atoms with Gasteiger partial charge in [-0.1, -0.05) is 18.5 Å².